The molecule has 268 valence electrons. The minimum atomic E-state index is -4.05. The number of rotatable bonds is 14. The van der Waals surface area contributed by atoms with Crippen molar-refractivity contribution in [2.45, 2.75) is 62.7 Å². The number of nitrogen functional groups attached to an aromatic ring is 2. The maximum atomic E-state index is 13.4. The van der Waals surface area contributed by atoms with E-state index in [-0.39, 0.29) is 57.7 Å². The Bertz CT molecular complexity index is 1650. The van der Waals surface area contributed by atoms with Crippen LogP contribution in [0.15, 0.2) is 29.2 Å². The Morgan fingerprint density at radius 2 is 1.80 bits per heavy atom. The second kappa shape index (κ2) is 16.5. The molecule has 2 aliphatic heterocycles. The maximum Gasteiger partial charge on any atom is 0.307 e. The monoisotopic (exact) mass is 722 g/mol. The number of aromatic nitrogens is 2. The van der Waals surface area contributed by atoms with Crippen LogP contribution in [-0.4, -0.2) is 110 Å². The summed E-state index contributed by atoms with van der Waals surface area (Å²) in [6.07, 6.45) is 1.81. The smallest absolute Gasteiger partial charge is 0.307 e. The summed E-state index contributed by atoms with van der Waals surface area (Å²) in [5.41, 5.74) is 11.0. The van der Waals surface area contributed by atoms with Gasteiger partial charge in [-0.1, -0.05) is 31.5 Å². The second-order valence-corrected chi connectivity index (χ2v) is 14.0. The number of halogens is 1. The first-order chi connectivity index (χ1) is 23.3. The predicted molar refractivity (Wildman–Crippen MR) is 180 cm³/mol. The van der Waals surface area contributed by atoms with Crippen molar-refractivity contribution in [2.24, 2.45) is 0 Å². The van der Waals surface area contributed by atoms with E-state index in [1.54, 1.807) is 15.9 Å². The summed E-state index contributed by atoms with van der Waals surface area (Å²) in [6, 6.07) is 5.67. The van der Waals surface area contributed by atoms with Crippen LogP contribution >= 0.6 is 11.6 Å². The number of nitrogens with zero attached hydrogens (tertiary/aromatic N) is 4. The van der Waals surface area contributed by atoms with Gasteiger partial charge in [-0.05, 0) is 43.9 Å². The molecule has 0 aliphatic carbocycles. The average Bonchev–Trinajstić information content (AvgIpc) is 3.46. The van der Waals surface area contributed by atoms with Crippen molar-refractivity contribution in [3.05, 3.63) is 40.7 Å². The number of amides is 3. The highest BCUT2D eigenvalue weighted by Gasteiger charge is 2.42. The van der Waals surface area contributed by atoms with Crippen LogP contribution in [-0.2, 0) is 24.3 Å². The van der Waals surface area contributed by atoms with Gasteiger partial charge in [0.1, 0.15) is 6.29 Å². The lowest BCUT2D eigenvalue weighted by Gasteiger charge is -2.39. The van der Waals surface area contributed by atoms with E-state index in [1.807, 2.05) is 13.8 Å². The van der Waals surface area contributed by atoms with Gasteiger partial charge < -0.3 is 31.3 Å². The number of hydrogen-bond acceptors (Lipinski definition) is 13. The Kier molecular flexibility index (Phi) is 12.7. The van der Waals surface area contributed by atoms with E-state index in [1.165, 1.54) is 18.2 Å². The van der Waals surface area contributed by atoms with E-state index in [9.17, 15) is 27.6 Å². The molecule has 3 amide bonds. The number of esters is 1. The van der Waals surface area contributed by atoms with Crippen LogP contribution in [0.5, 0.6) is 0 Å². The first-order valence-electron chi connectivity index (χ1n) is 16.0. The van der Waals surface area contributed by atoms with Gasteiger partial charge in [-0.25, -0.2) is 23.1 Å². The van der Waals surface area contributed by atoms with Gasteiger partial charge in [-0.2, -0.15) is 0 Å². The Morgan fingerprint density at radius 3 is 2.47 bits per heavy atom. The molecule has 3 heterocycles. The van der Waals surface area contributed by atoms with Crippen LogP contribution in [0.1, 0.15) is 66.8 Å². The van der Waals surface area contributed by atoms with E-state index >= 15 is 0 Å². The van der Waals surface area contributed by atoms with Gasteiger partial charge in [0.15, 0.2) is 29.1 Å². The summed E-state index contributed by atoms with van der Waals surface area (Å²) < 4.78 is 33.3. The van der Waals surface area contributed by atoms with Gasteiger partial charge in [0.25, 0.3) is 17.7 Å². The molecule has 19 heteroatoms. The zero-order chi connectivity index (χ0) is 35.8. The SMILES string of the molecule is CCCN(CCC)C(=O)COC(=O)CCNS(=O)(=O)c1cccc(C(=O)N2CCC3(CC2)CNC(NC(=O)c2nc(Cl)c(N)nc2N)N3)c1. The molecule has 0 radical (unpaired) electrons. The van der Waals surface area contributed by atoms with E-state index in [0.717, 1.165) is 12.8 Å². The minimum Gasteiger partial charge on any atom is -0.456 e. The number of benzene rings is 1. The van der Waals surface area contributed by atoms with Gasteiger partial charge in [0.05, 0.1) is 11.3 Å². The Balaban J connectivity index is 1.25. The molecule has 2 saturated heterocycles. The molecule has 1 unspecified atom stereocenters. The highest BCUT2D eigenvalue weighted by atomic mass is 35.5. The number of carbonyl (C=O) groups is 4. The zero-order valence-electron chi connectivity index (χ0n) is 27.5. The minimum absolute atomic E-state index is 0.0833. The molecule has 4 rings (SSSR count). The Labute approximate surface area is 289 Å². The van der Waals surface area contributed by atoms with Crippen LogP contribution < -0.4 is 32.1 Å². The third-order valence-corrected chi connectivity index (χ3v) is 9.94. The molecular weight excluding hydrogens is 680 g/mol. The number of sulfonamides is 1. The van der Waals surface area contributed by atoms with Gasteiger partial charge >= 0.3 is 5.97 Å². The standard InChI is InChI=1S/C30H43ClN10O7S/c1-3-12-40(13-4-2)21(42)17-48-22(43)8-11-35-49(46,47)20-7-5-6-19(16-20)28(45)41-14-9-30(10-15-41)18-34-29(39-30)38-27(44)23-25(32)37-26(33)24(31)36-23/h5-7,16,29,34-35,39H,3-4,8-15,17-18H2,1-2H3,(H,38,44)(H4,32,33,37). The van der Waals surface area contributed by atoms with Crippen LogP contribution in [0.25, 0.3) is 0 Å². The highest BCUT2D eigenvalue weighted by Crippen LogP contribution is 2.27. The third kappa shape index (κ3) is 9.75. The summed E-state index contributed by atoms with van der Waals surface area (Å²) in [4.78, 5) is 61.5. The fraction of sp³-hybridized carbons (Fsp3) is 0.533. The summed E-state index contributed by atoms with van der Waals surface area (Å²) in [6.45, 7) is 5.67. The van der Waals surface area contributed by atoms with Gasteiger partial charge in [-0.15, -0.1) is 0 Å². The molecule has 2 aliphatic rings. The summed E-state index contributed by atoms with van der Waals surface area (Å²) in [7, 11) is -4.05. The number of nitrogens with two attached hydrogens (primary N) is 2. The quantitative estimate of drug-likeness (QED) is 0.141. The highest BCUT2D eigenvalue weighted by molar-refractivity contribution is 7.89. The molecule has 1 atom stereocenters. The molecule has 0 bridgehead atoms. The van der Waals surface area contributed by atoms with Crippen LogP contribution in [0.4, 0.5) is 11.6 Å². The largest absolute Gasteiger partial charge is 0.456 e. The fourth-order valence-corrected chi connectivity index (χ4v) is 6.82. The molecule has 1 spiro atoms. The maximum absolute atomic E-state index is 13.4. The topological polar surface area (TPSA) is 244 Å². The molecular formula is C30H43ClN10O7S. The predicted octanol–water partition coefficient (Wildman–Crippen LogP) is 0.0358. The van der Waals surface area contributed by atoms with Gasteiger partial charge in [-0.3, -0.25) is 29.8 Å². The van der Waals surface area contributed by atoms with Crippen LogP contribution in [0, 0.1) is 0 Å². The fourth-order valence-electron chi connectivity index (χ4n) is 5.62. The van der Waals surface area contributed by atoms with Gasteiger partial charge in [0, 0.05) is 50.4 Å². The van der Waals surface area contributed by atoms with Crippen molar-refractivity contribution in [3.8, 4) is 0 Å². The molecule has 1 aromatic carbocycles. The summed E-state index contributed by atoms with van der Waals surface area (Å²) in [5, 5.41) is 9.18. The molecule has 1 aromatic heterocycles. The van der Waals surface area contributed by atoms with E-state index in [0.29, 0.717) is 45.6 Å². The Morgan fingerprint density at radius 1 is 1.10 bits per heavy atom. The number of carbonyl (C=O) groups excluding carboxylic acids is 4. The van der Waals surface area contributed by atoms with Crippen molar-refractivity contribution in [2.75, 3.05) is 57.3 Å². The number of piperidine rings is 1. The molecule has 2 fully saturated rings. The van der Waals surface area contributed by atoms with Crippen molar-refractivity contribution in [1.29, 1.82) is 0 Å². The lowest BCUT2D eigenvalue weighted by Crippen LogP contribution is -2.57. The van der Waals surface area contributed by atoms with Crippen LogP contribution in [0.3, 0.4) is 0 Å². The molecule has 2 aromatic rings. The number of hydrogen-bond donors (Lipinski definition) is 6. The Hall–Kier alpha value is -4.10. The van der Waals surface area contributed by atoms with Crippen molar-refractivity contribution in [1.82, 2.24) is 40.4 Å². The average molecular weight is 723 g/mol. The lowest BCUT2D eigenvalue weighted by atomic mass is 9.88. The molecule has 8 N–H and O–H groups in total. The lowest BCUT2D eigenvalue weighted by molar-refractivity contribution is -0.151. The molecule has 17 nitrogen and oxygen atoms in total. The van der Waals surface area contributed by atoms with Crippen molar-refractivity contribution < 1.29 is 32.3 Å². The number of nitrogens with one attached hydrogen (secondary N) is 4. The molecule has 0 saturated carbocycles. The third-order valence-electron chi connectivity index (χ3n) is 8.21. The van der Waals surface area contributed by atoms with E-state index < -0.39 is 40.3 Å². The normalized spacial score (nSPS) is 17.1. The summed E-state index contributed by atoms with van der Waals surface area (Å²) in [5.74, 6) is -2.17. The van der Waals surface area contributed by atoms with Crippen molar-refractivity contribution >= 4 is 57.0 Å². The van der Waals surface area contributed by atoms with Crippen molar-refractivity contribution in [3.63, 3.8) is 0 Å². The van der Waals surface area contributed by atoms with Gasteiger partial charge in [0.2, 0.25) is 10.0 Å². The molecule has 49 heavy (non-hydrogen) atoms. The van der Waals surface area contributed by atoms with E-state index in [4.69, 9.17) is 27.8 Å². The number of likely N-dealkylation sites (tertiary alicyclic amines) is 1. The number of ether oxygens (including phenoxy) is 1. The zero-order valence-corrected chi connectivity index (χ0v) is 29.0. The summed E-state index contributed by atoms with van der Waals surface area (Å²) >= 11 is 5.89. The second-order valence-electron chi connectivity index (χ2n) is 11.9. The first kappa shape index (κ1) is 37.7. The number of anilines is 2. The first-order valence-corrected chi connectivity index (χ1v) is 17.9. The van der Waals surface area contributed by atoms with E-state index in [2.05, 4.69) is 30.6 Å². The van der Waals surface area contributed by atoms with Crippen LogP contribution in [0.2, 0.25) is 5.15 Å².